The number of likely N-dealkylation sites (tertiary alicyclic amines) is 1. The van der Waals surface area contributed by atoms with E-state index in [0.29, 0.717) is 25.9 Å². The fourth-order valence-electron chi connectivity index (χ4n) is 2.87. The van der Waals surface area contributed by atoms with E-state index < -0.39 is 13.1 Å². The summed E-state index contributed by atoms with van der Waals surface area (Å²) in [6, 6.07) is 5.89. The maximum absolute atomic E-state index is 12.1. The van der Waals surface area contributed by atoms with E-state index in [2.05, 4.69) is 5.32 Å². The first-order chi connectivity index (χ1) is 11.4. The number of hydrogen-bond acceptors (Lipinski definition) is 4. The van der Waals surface area contributed by atoms with E-state index in [-0.39, 0.29) is 18.2 Å². The summed E-state index contributed by atoms with van der Waals surface area (Å²) >= 11 is 0. The number of nitrogens with one attached hydrogen (secondary N) is 1. The summed E-state index contributed by atoms with van der Waals surface area (Å²) in [7, 11) is -1.64. The molecule has 1 aliphatic heterocycles. The highest BCUT2D eigenvalue weighted by Crippen LogP contribution is 2.13. The van der Waals surface area contributed by atoms with Crippen molar-refractivity contribution in [2.24, 2.45) is 0 Å². The maximum Gasteiger partial charge on any atom is 0.475 e. The van der Waals surface area contributed by atoms with E-state index in [4.69, 9.17) is 0 Å². The van der Waals surface area contributed by atoms with Gasteiger partial charge in [-0.25, -0.2) is 0 Å². The Balaban J connectivity index is 1.88. The maximum atomic E-state index is 12.1. The van der Waals surface area contributed by atoms with Gasteiger partial charge in [0.1, 0.15) is 0 Å². The number of carbonyl (C=O) groups is 2. The summed E-state index contributed by atoms with van der Waals surface area (Å²) in [5, 5.41) is 21.7. The van der Waals surface area contributed by atoms with Crippen molar-refractivity contribution in [3.63, 3.8) is 0 Å². The monoisotopic (exact) mass is 332 g/mol. The van der Waals surface area contributed by atoms with Crippen LogP contribution >= 0.6 is 0 Å². The van der Waals surface area contributed by atoms with Crippen LogP contribution in [0, 0.1) is 13.8 Å². The van der Waals surface area contributed by atoms with E-state index in [1.165, 1.54) is 5.56 Å². The Hall–Kier alpha value is -1.86. The summed E-state index contributed by atoms with van der Waals surface area (Å²) in [6.45, 7) is 5.08. The van der Waals surface area contributed by atoms with E-state index >= 15 is 0 Å². The van der Waals surface area contributed by atoms with Crippen LogP contribution < -0.4 is 5.32 Å². The lowest BCUT2D eigenvalue weighted by Crippen LogP contribution is -2.48. The van der Waals surface area contributed by atoms with Crippen LogP contribution in [0.1, 0.15) is 36.0 Å². The van der Waals surface area contributed by atoms with Gasteiger partial charge in [-0.15, -0.1) is 0 Å². The average molecular weight is 332 g/mol. The van der Waals surface area contributed by atoms with Gasteiger partial charge in [-0.3, -0.25) is 9.59 Å². The van der Waals surface area contributed by atoms with Crippen molar-refractivity contribution in [1.29, 1.82) is 0 Å². The fourth-order valence-corrected chi connectivity index (χ4v) is 2.87. The van der Waals surface area contributed by atoms with Crippen LogP contribution in [0.5, 0.6) is 0 Å². The topological polar surface area (TPSA) is 89.9 Å². The van der Waals surface area contributed by atoms with Crippen LogP contribution in [-0.4, -0.2) is 52.9 Å². The molecule has 1 heterocycles. The van der Waals surface area contributed by atoms with Gasteiger partial charge in [0.25, 0.3) is 0 Å². The molecule has 6 nitrogen and oxygen atoms in total. The van der Waals surface area contributed by atoms with Crippen molar-refractivity contribution < 1.29 is 19.6 Å². The van der Waals surface area contributed by atoms with Gasteiger partial charge in [-0.2, -0.15) is 0 Å². The molecule has 130 valence electrons. The predicted molar refractivity (Wildman–Crippen MR) is 92.2 cm³/mol. The highest BCUT2D eigenvalue weighted by atomic mass is 16.4. The minimum Gasteiger partial charge on any atom is -0.426 e. The standard InChI is InChI=1S/C17H25BN2O4/c1-12-5-6-14(10-13(12)2)11-15(18(23)24)19-16(21)7-9-20-8-3-4-17(20)22/h5-6,10,15,23-24H,3-4,7-9,11H2,1-2H3,(H,19,21)/t15-/m0/s1. The Morgan fingerprint density at radius 3 is 2.67 bits per heavy atom. The van der Waals surface area contributed by atoms with E-state index in [1.54, 1.807) is 4.90 Å². The van der Waals surface area contributed by atoms with E-state index in [9.17, 15) is 19.6 Å². The molecule has 3 N–H and O–H groups in total. The lowest BCUT2D eigenvalue weighted by molar-refractivity contribution is -0.128. The third kappa shape index (κ3) is 5.07. The lowest BCUT2D eigenvalue weighted by atomic mass is 9.75. The number of rotatable bonds is 7. The molecule has 1 aliphatic rings. The quantitative estimate of drug-likeness (QED) is 0.629. The minimum atomic E-state index is -1.64. The van der Waals surface area contributed by atoms with Gasteiger partial charge >= 0.3 is 7.12 Å². The highest BCUT2D eigenvalue weighted by molar-refractivity contribution is 6.43. The largest absolute Gasteiger partial charge is 0.475 e. The first kappa shape index (κ1) is 18.5. The summed E-state index contributed by atoms with van der Waals surface area (Å²) in [5.41, 5.74) is 3.22. The third-order valence-corrected chi connectivity index (χ3v) is 4.51. The molecule has 0 aliphatic carbocycles. The Bertz CT molecular complexity index is 606. The van der Waals surface area contributed by atoms with Crippen molar-refractivity contribution in [2.45, 2.75) is 45.5 Å². The molecule has 1 aromatic rings. The molecule has 1 saturated heterocycles. The molecule has 0 unspecified atom stereocenters. The zero-order valence-corrected chi connectivity index (χ0v) is 14.3. The second-order valence-electron chi connectivity index (χ2n) is 6.44. The molecular weight excluding hydrogens is 307 g/mol. The number of carbonyl (C=O) groups excluding carboxylic acids is 2. The van der Waals surface area contributed by atoms with Crippen molar-refractivity contribution in [3.8, 4) is 0 Å². The van der Waals surface area contributed by atoms with Gasteiger partial charge in [-0.1, -0.05) is 18.2 Å². The van der Waals surface area contributed by atoms with Gasteiger partial charge in [0.05, 0.1) is 5.94 Å². The Morgan fingerprint density at radius 2 is 2.08 bits per heavy atom. The lowest BCUT2D eigenvalue weighted by Gasteiger charge is -2.20. The average Bonchev–Trinajstić information content (AvgIpc) is 2.93. The second kappa shape index (κ2) is 8.30. The van der Waals surface area contributed by atoms with Crippen LogP contribution in [0.3, 0.4) is 0 Å². The minimum absolute atomic E-state index is 0.0803. The Morgan fingerprint density at radius 1 is 1.33 bits per heavy atom. The molecule has 1 atom stereocenters. The molecule has 2 rings (SSSR count). The summed E-state index contributed by atoms with van der Waals surface area (Å²) in [5.74, 6) is -0.970. The SMILES string of the molecule is Cc1ccc(C[C@H](NC(=O)CCN2CCCC2=O)B(O)O)cc1C. The number of hydrogen-bond donors (Lipinski definition) is 3. The third-order valence-electron chi connectivity index (χ3n) is 4.51. The first-order valence-corrected chi connectivity index (χ1v) is 8.36. The van der Waals surface area contributed by atoms with Gasteiger partial charge in [0, 0.05) is 25.9 Å². The first-order valence-electron chi connectivity index (χ1n) is 8.36. The van der Waals surface area contributed by atoms with Gasteiger partial charge in [-0.05, 0) is 43.4 Å². The number of aryl methyl sites for hydroxylation is 2. The molecule has 0 saturated carbocycles. The van der Waals surface area contributed by atoms with Crippen LogP contribution in [0.25, 0.3) is 0 Å². The normalized spacial score (nSPS) is 15.5. The van der Waals surface area contributed by atoms with Crippen LogP contribution in [0.4, 0.5) is 0 Å². The van der Waals surface area contributed by atoms with Crippen LogP contribution in [-0.2, 0) is 16.0 Å². The molecule has 0 spiro atoms. The zero-order valence-electron chi connectivity index (χ0n) is 14.3. The van der Waals surface area contributed by atoms with E-state index in [0.717, 1.165) is 17.5 Å². The Labute approximate surface area is 143 Å². The second-order valence-corrected chi connectivity index (χ2v) is 6.44. The fraction of sp³-hybridized carbons (Fsp3) is 0.529. The molecule has 1 fully saturated rings. The van der Waals surface area contributed by atoms with Crippen molar-refractivity contribution >= 4 is 18.9 Å². The molecule has 7 heteroatoms. The number of benzene rings is 1. The highest BCUT2D eigenvalue weighted by Gasteiger charge is 2.26. The molecule has 0 aromatic heterocycles. The summed E-state index contributed by atoms with van der Waals surface area (Å²) in [4.78, 5) is 25.3. The molecule has 0 radical (unpaired) electrons. The molecular formula is C17H25BN2O4. The Kier molecular flexibility index (Phi) is 6.40. The molecule has 24 heavy (non-hydrogen) atoms. The number of nitrogens with zero attached hydrogens (tertiary/aromatic N) is 1. The molecule has 0 bridgehead atoms. The van der Waals surface area contributed by atoms with Crippen LogP contribution in [0.2, 0.25) is 0 Å². The van der Waals surface area contributed by atoms with Crippen LogP contribution in [0.15, 0.2) is 18.2 Å². The smallest absolute Gasteiger partial charge is 0.426 e. The summed E-state index contributed by atoms with van der Waals surface area (Å²) in [6.07, 6.45) is 1.90. The summed E-state index contributed by atoms with van der Waals surface area (Å²) < 4.78 is 0. The molecule has 1 aromatic carbocycles. The van der Waals surface area contributed by atoms with Crippen molar-refractivity contribution in [3.05, 3.63) is 34.9 Å². The van der Waals surface area contributed by atoms with Gasteiger partial charge in [0.2, 0.25) is 11.8 Å². The van der Waals surface area contributed by atoms with Gasteiger partial charge < -0.3 is 20.3 Å². The predicted octanol–water partition coefficient (Wildman–Crippen LogP) is 0.355. The molecule has 2 amide bonds. The van der Waals surface area contributed by atoms with Crippen molar-refractivity contribution in [2.75, 3.05) is 13.1 Å². The number of amides is 2. The van der Waals surface area contributed by atoms with Gasteiger partial charge in [0.15, 0.2) is 0 Å². The van der Waals surface area contributed by atoms with Crippen molar-refractivity contribution in [1.82, 2.24) is 10.2 Å². The zero-order chi connectivity index (χ0) is 17.7. The van der Waals surface area contributed by atoms with E-state index in [1.807, 2.05) is 32.0 Å².